The lowest BCUT2D eigenvalue weighted by atomic mass is 9.92. The van der Waals surface area contributed by atoms with Crippen LogP contribution in [-0.2, 0) is 6.42 Å². The summed E-state index contributed by atoms with van der Waals surface area (Å²) < 4.78 is 13.3. The zero-order valence-electron chi connectivity index (χ0n) is 12.5. The highest BCUT2D eigenvalue weighted by Crippen LogP contribution is 2.25. The average Bonchev–Trinajstić information content (AvgIpc) is 2.36. The second kappa shape index (κ2) is 5.76. The predicted octanol–water partition coefficient (Wildman–Crippen LogP) is 4.34. The molecule has 0 fully saturated rings. The molecule has 106 valence electrons. The highest BCUT2D eigenvalue weighted by atomic mass is 19.1. The van der Waals surface area contributed by atoms with Gasteiger partial charge in [0.25, 0.3) is 0 Å². The molecule has 2 heteroatoms. The van der Waals surface area contributed by atoms with Crippen LogP contribution in [0.25, 0.3) is 0 Å². The van der Waals surface area contributed by atoms with E-state index in [-0.39, 0.29) is 5.82 Å². The molecule has 1 atom stereocenters. The molecular weight excluding hydrogens is 251 g/mol. The SMILES string of the molecule is Cc1cc(C)c(CC(O)c2ccc(F)c(C)c2)c(C)c1. The molecule has 0 spiro atoms. The molecule has 0 bridgehead atoms. The molecule has 0 saturated heterocycles. The van der Waals surface area contributed by atoms with Gasteiger partial charge in [-0.25, -0.2) is 4.39 Å². The molecule has 0 aliphatic rings. The van der Waals surface area contributed by atoms with Gasteiger partial charge in [0.05, 0.1) is 6.10 Å². The van der Waals surface area contributed by atoms with Crippen LogP contribution in [-0.4, -0.2) is 5.11 Å². The van der Waals surface area contributed by atoms with Gasteiger partial charge in [-0.3, -0.25) is 0 Å². The molecule has 0 radical (unpaired) electrons. The topological polar surface area (TPSA) is 20.2 Å². The number of rotatable bonds is 3. The molecule has 2 aromatic carbocycles. The van der Waals surface area contributed by atoms with Gasteiger partial charge >= 0.3 is 0 Å². The van der Waals surface area contributed by atoms with E-state index in [0.717, 1.165) is 5.56 Å². The first-order chi connectivity index (χ1) is 9.38. The van der Waals surface area contributed by atoms with Crippen LogP contribution in [0, 0.1) is 33.5 Å². The van der Waals surface area contributed by atoms with Gasteiger partial charge in [0.15, 0.2) is 0 Å². The lowest BCUT2D eigenvalue weighted by molar-refractivity contribution is 0.178. The first-order valence-electron chi connectivity index (χ1n) is 6.89. The van der Waals surface area contributed by atoms with Gasteiger partial charge in [-0.1, -0.05) is 29.8 Å². The van der Waals surface area contributed by atoms with Gasteiger partial charge < -0.3 is 5.11 Å². The Kier molecular flexibility index (Phi) is 4.24. The lowest BCUT2D eigenvalue weighted by Crippen LogP contribution is -2.06. The standard InChI is InChI=1S/C18H21FO/c1-11-7-12(2)16(13(3)8-11)10-18(20)15-5-6-17(19)14(4)9-15/h5-9,18,20H,10H2,1-4H3. The highest BCUT2D eigenvalue weighted by Gasteiger charge is 2.13. The summed E-state index contributed by atoms with van der Waals surface area (Å²) in [5.41, 5.74) is 6.13. The van der Waals surface area contributed by atoms with Crippen molar-refractivity contribution in [3.05, 3.63) is 69.5 Å². The minimum atomic E-state index is -0.602. The molecule has 1 N–H and O–H groups in total. The third-order valence-electron chi connectivity index (χ3n) is 3.80. The molecule has 0 aliphatic heterocycles. The summed E-state index contributed by atoms with van der Waals surface area (Å²) in [6, 6.07) is 9.06. The maximum Gasteiger partial charge on any atom is 0.126 e. The summed E-state index contributed by atoms with van der Waals surface area (Å²) in [5.74, 6) is -0.233. The number of aliphatic hydroxyl groups is 1. The van der Waals surface area contributed by atoms with Crippen molar-refractivity contribution < 1.29 is 9.50 Å². The van der Waals surface area contributed by atoms with E-state index in [0.29, 0.717) is 12.0 Å². The second-order valence-corrected chi connectivity index (χ2v) is 5.61. The van der Waals surface area contributed by atoms with Crippen LogP contribution in [0.2, 0.25) is 0 Å². The van der Waals surface area contributed by atoms with Gasteiger partial charge in [-0.2, -0.15) is 0 Å². The quantitative estimate of drug-likeness (QED) is 0.881. The maximum absolute atomic E-state index is 13.3. The van der Waals surface area contributed by atoms with Crippen LogP contribution in [0.3, 0.4) is 0 Å². The van der Waals surface area contributed by atoms with E-state index >= 15 is 0 Å². The fourth-order valence-electron chi connectivity index (χ4n) is 2.72. The fourth-order valence-corrected chi connectivity index (χ4v) is 2.72. The van der Waals surface area contributed by atoms with Gasteiger partial charge in [-0.15, -0.1) is 0 Å². The van der Waals surface area contributed by atoms with Crippen molar-refractivity contribution in [2.45, 2.75) is 40.2 Å². The van der Waals surface area contributed by atoms with E-state index in [1.165, 1.54) is 28.3 Å². The van der Waals surface area contributed by atoms with Crippen LogP contribution in [0.5, 0.6) is 0 Å². The summed E-state index contributed by atoms with van der Waals surface area (Å²) in [4.78, 5) is 0. The Bertz CT molecular complexity index is 608. The van der Waals surface area contributed by atoms with Crippen molar-refractivity contribution in [1.29, 1.82) is 0 Å². The highest BCUT2D eigenvalue weighted by molar-refractivity contribution is 5.39. The number of benzene rings is 2. The van der Waals surface area contributed by atoms with E-state index in [1.54, 1.807) is 19.1 Å². The molecular formula is C18H21FO. The molecule has 20 heavy (non-hydrogen) atoms. The summed E-state index contributed by atoms with van der Waals surface area (Å²) >= 11 is 0. The normalized spacial score (nSPS) is 12.5. The van der Waals surface area contributed by atoms with Crippen molar-refractivity contribution in [2.24, 2.45) is 0 Å². The van der Waals surface area contributed by atoms with Crippen molar-refractivity contribution in [3.8, 4) is 0 Å². The third-order valence-corrected chi connectivity index (χ3v) is 3.80. The van der Waals surface area contributed by atoms with E-state index in [4.69, 9.17) is 0 Å². The van der Waals surface area contributed by atoms with Gasteiger partial charge in [0.1, 0.15) is 5.82 Å². The molecule has 0 heterocycles. The molecule has 0 amide bonds. The van der Waals surface area contributed by atoms with E-state index in [1.807, 2.05) is 0 Å². The van der Waals surface area contributed by atoms with Gasteiger partial charge in [-0.05, 0) is 61.6 Å². The zero-order valence-corrected chi connectivity index (χ0v) is 12.5. The second-order valence-electron chi connectivity index (χ2n) is 5.61. The number of hydrogen-bond donors (Lipinski definition) is 1. The van der Waals surface area contributed by atoms with Crippen molar-refractivity contribution >= 4 is 0 Å². The zero-order chi connectivity index (χ0) is 14.9. The third kappa shape index (κ3) is 3.07. The Hall–Kier alpha value is -1.67. The van der Waals surface area contributed by atoms with E-state index < -0.39 is 6.10 Å². The van der Waals surface area contributed by atoms with Crippen LogP contribution < -0.4 is 0 Å². The van der Waals surface area contributed by atoms with Crippen LogP contribution in [0.15, 0.2) is 30.3 Å². The monoisotopic (exact) mass is 272 g/mol. The summed E-state index contributed by atoms with van der Waals surface area (Å²) in [5, 5.41) is 10.4. The van der Waals surface area contributed by atoms with Crippen molar-refractivity contribution in [3.63, 3.8) is 0 Å². The molecule has 2 rings (SSSR count). The molecule has 1 unspecified atom stereocenters. The molecule has 2 aromatic rings. The Balaban J connectivity index is 2.27. The smallest absolute Gasteiger partial charge is 0.126 e. The first-order valence-corrected chi connectivity index (χ1v) is 6.89. The maximum atomic E-state index is 13.3. The largest absolute Gasteiger partial charge is 0.388 e. The van der Waals surface area contributed by atoms with E-state index in [9.17, 15) is 9.50 Å². The Labute approximate surface area is 120 Å². The number of halogens is 1. The minimum Gasteiger partial charge on any atom is -0.388 e. The van der Waals surface area contributed by atoms with Crippen LogP contribution in [0.1, 0.15) is 39.5 Å². The molecule has 0 aromatic heterocycles. The van der Waals surface area contributed by atoms with Crippen molar-refractivity contribution in [1.82, 2.24) is 0 Å². The Morgan fingerprint density at radius 3 is 2.10 bits per heavy atom. The summed E-state index contributed by atoms with van der Waals surface area (Å²) in [6.07, 6.45) is -0.0439. The summed E-state index contributed by atoms with van der Waals surface area (Å²) in [6.45, 7) is 7.92. The number of aliphatic hydroxyl groups excluding tert-OH is 1. The van der Waals surface area contributed by atoms with Gasteiger partial charge in [0, 0.05) is 6.42 Å². The van der Waals surface area contributed by atoms with Crippen LogP contribution >= 0.6 is 0 Å². The fraction of sp³-hybridized carbons (Fsp3) is 0.333. The number of hydrogen-bond acceptors (Lipinski definition) is 1. The minimum absolute atomic E-state index is 0.233. The number of aryl methyl sites for hydroxylation is 4. The Morgan fingerprint density at radius 1 is 0.950 bits per heavy atom. The summed E-state index contributed by atoms with van der Waals surface area (Å²) in [7, 11) is 0. The molecule has 0 saturated carbocycles. The first kappa shape index (κ1) is 14.7. The van der Waals surface area contributed by atoms with E-state index in [2.05, 4.69) is 32.9 Å². The van der Waals surface area contributed by atoms with Crippen molar-refractivity contribution in [2.75, 3.05) is 0 Å². The van der Waals surface area contributed by atoms with Crippen LogP contribution in [0.4, 0.5) is 4.39 Å². The average molecular weight is 272 g/mol. The lowest BCUT2D eigenvalue weighted by Gasteiger charge is -2.16. The molecule has 0 aliphatic carbocycles. The predicted molar refractivity (Wildman–Crippen MR) is 80.5 cm³/mol. The molecule has 1 nitrogen and oxygen atoms in total. The van der Waals surface area contributed by atoms with Gasteiger partial charge in [0.2, 0.25) is 0 Å². The Morgan fingerprint density at radius 2 is 1.55 bits per heavy atom.